The lowest BCUT2D eigenvalue weighted by Gasteiger charge is -2.21. The van der Waals surface area contributed by atoms with Gasteiger partial charge in [-0.15, -0.1) is 0 Å². The van der Waals surface area contributed by atoms with Gasteiger partial charge < -0.3 is 15.4 Å². The minimum Gasteiger partial charge on any atom is -0.491 e. The van der Waals surface area contributed by atoms with E-state index < -0.39 is 5.91 Å². The standard InChI is InChI=1S/C14H20N2O2/c1-4-11(13(18-3)14(15)17)10-16(2)12-8-6-5-7-9-12/h5-9H,4,10H2,1-3H3,(H2,15,17)/b13-11-. The van der Waals surface area contributed by atoms with E-state index in [1.54, 1.807) is 0 Å². The highest BCUT2D eigenvalue weighted by Gasteiger charge is 2.13. The summed E-state index contributed by atoms with van der Waals surface area (Å²) in [6.45, 7) is 2.60. The van der Waals surface area contributed by atoms with Crippen molar-refractivity contribution >= 4 is 11.6 Å². The number of hydrogen-bond acceptors (Lipinski definition) is 3. The SMILES string of the molecule is CC/C(CN(C)c1ccccc1)=C(/OC)C(N)=O. The Labute approximate surface area is 108 Å². The fourth-order valence-electron chi connectivity index (χ4n) is 1.82. The molecule has 4 nitrogen and oxygen atoms in total. The number of benzene rings is 1. The molecule has 4 heteroatoms. The molecule has 0 aliphatic rings. The van der Waals surface area contributed by atoms with Gasteiger partial charge in [-0.2, -0.15) is 0 Å². The number of nitrogens with zero attached hydrogens (tertiary/aromatic N) is 1. The number of anilines is 1. The van der Waals surface area contributed by atoms with Crippen molar-refractivity contribution in [3.8, 4) is 0 Å². The zero-order valence-electron chi connectivity index (χ0n) is 11.1. The zero-order chi connectivity index (χ0) is 13.5. The Balaban J connectivity index is 2.90. The molecular weight excluding hydrogens is 228 g/mol. The number of primary amides is 1. The summed E-state index contributed by atoms with van der Waals surface area (Å²) in [5, 5.41) is 0. The highest BCUT2D eigenvalue weighted by molar-refractivity contribution is 5.90. The van der Waals surface area contributed by atoms with Crippen LogP contribution in [0.2, 0.25) is 0 Å². The molecular formula is C14H20N2O2. The molecule has 0 saturated heterocycles. The average Bonchev–Trinajstić information content (AvgIpc) is 2.38. The first kappa shape index (κ1) is 14.1. The van der Waals surface area contributed by atoms with Crippen LogP contribution in [0, 0.1) is 0 Å². The Hall–Kier alpha value is -1.97. The number of nitrogens with two attached hydrogens (primary N) is 1. The van der Waals surface area contributed by atoms with Gasteiger partial charge in [-0.3, -0.25) is 4.79 Å². The van der Waals surface area contributed by atoms with Gasteiger partial charge >= 0.3 is 0 Å². The maximum Gasteiger partial charge on any atom is 0.283 e. The molecule has 0 spiro atoms. The zero-order valence-corrected chi connectivity index (χ0v) is 11.1. The summed E-state index contributed by atoms with van der Waals surface area (Å²) in [6.07, 6.45) is 0.725. The van der Waals surface area contributed by atoms with Crippen LogP contribution in [0.4, 0.5) is 5.69 Å². The molecule has 0 aliphatic carbocycles. The molecule has 0 bridgehead atoms. The first-order valence-electron chi connectivity index (χ1n) is 5.92. The lowest BCUT2D eigenvalue weighted by Crippen LogP contribution is -2.25. The highest BCUT2D eigenvalue weighted by Crippen LogP contribution is 2.16. The first-order chi connectivity index (χ1) is 8.60. The molecule has 0 unspecified atom stereocenters. The van der Waals surface area contributed by atoms with Crippen LogP contribution in [0.1, 0.15) is 13.3 Å². The van der Waals surface area contributed by atoms with Crippen LogP contribution >= 0.6 is 0 Å². The highest BCUT2D eigenvalue weighted by atomic mass is 16.5. The molecule has 98 valence electrons. The Kier molecular flexibility index (Phi) is 5.24. The van der Waals surface area contributed by atoms with Crippen molar-refractivity contribution in [2.75, 3.05) is 25.6 Å². The Bertz CT molecular complexity index is 427. The number of carbonyl (C=O) groups is 1. The molecule has 0 fully saturated rings. The summed E-state index contributed by atoms with van der Waals surface area (Å²) in [5.74, 6) is -0.254. The summed E-state index contributed by atoms with van der Waals surface area (Å²) in [6, 6.07) is 9.96. The van der Waals surface area contributed by atoms with Gasteiger partial charge in [-0.1, -0.05) is 25.1 Å². The lowest BCUT2D eigenvalue weighted by atomic mass is 10.1. The van der Waals surface area contributed by atoms with E-state index in [2.05, 4.69) is 4.90 Å². The molecule has 2 N–H and O–H groups in total. The Morgan fingerprint density at radius 3 is 2.39 bits per heavy atom. The van der Waals surface area contributed by atoms with Gasteiger partial charge in [-0.25, -0.2) is 0 Å². The maximum atomic E-state index is 11.3. The van der Waals surface area contributed by atoms with Crippen LogP contribution in [0.5, 0.6) is 0 Å². The molecule has 1 amide bonds. The van der Waals surface area contributed by atoms with Gasteiger partial charge in [0.15, 0.2) is 5.76 Å². The molecule has 1 aromatic carbocycles. The minimum absolute atomic E-state index is 0.264. The van der Waals surface area contributed by atoms with E-state index in [1.165, 1.54) is 7.11 Å². The van der Waals surface area contributed by atoms with Gasteiger partial charge in [0, 0.05) is 19.3 Å². The van der Waals surface area contributed by atoms with Crippen LogP contribution in [-0.4, -0.2) is 26.6 Å². The molecule has 0 aliphatic heterocycles. The average molecular weight is 248 g/mol. The number of hydrogen-bond donors (Lipinski definition) is 1. The Morgan fingerprint density at radius 1 is 1.33 bits per heavy atom. The number of ether oxygens (including phenoxy) is 1. The molecule has 0 radical (unpaired) electrons. The second-order valence-electron chi connectivity index (χ2n) is 4.05. The van der Waals surface area contributed by atoms with Crippen molar-refractivity contribution < 1.29 is 9.53 Å². The van der Waals surface area contributed by atoms with Crippen molar-refractivity contribution in [2.24, 2.45) is 5.73 Å². The van der Waals surface area contributed by atoms with Gasteiger partial charge in [0.05, 0.1) is 7.11 Å². The van der Waals surface area contributed by atoms with Gasteiger partial charge in [-0.05, 0) is 24.1 Å². The van der Waals surface area contributed by atoms with Crippen LogP contribution in [0.15, 0.2) is 41.7 Å². The quantitative estimate of drug-likeness (QED) is 0.618. The number of rotatable bonds is 6. The summed E-state index contributed by atoms with van der Waals surface area (Å²) in [4.78, 5) is 13.3. The van der Waals surface area contributed by atoms with Crippen molar-refractivity contribution in [1.29, 1.82) is 0 Å². The van der Waals surface area contributed by atoms with E-state index >= 15 is 0 Å². The third-order valence-corrected chi connectivity index (χ3v) is 2.80. The topological polar surface area (TPSA) is 55.6 Å². The second-order valence-corrected chi connectivity index (χ2v) is 4.05. The number of carbonyl (C=O) groups excluding carboxylic acids is 1. The molecule has 18 heavy (non-hydrogen) atoms. The third kappa shape index (κ3) is 3.52. The number of amides is 1. The van der Waals surface area contributed by atoms with E-state index in [0.717, 1.165) is 17.7 Å². The van der Waals surface area contributed by atoms with Crippen LogP contribution in [0.3, 0.4) is 0 Å². The van der Waals surface area contributed by atoms with E-state index in [0.29, 0.717) is 6.54 Å². The van der Waals surface area contributed by atoms with E-state index in [9.17, 15) is 4.79 Å². The summed E-state index contributed by atoms with van der Waals surface area (Å²) >= 11 is 0. The monoisotopic (exact) mass is 248 g/mol. The summed E-state index contributed by atoms with van der Waals surface area (Å²) in [5.41, 5.74) is 7.28. The number of methoxy groups -OCH3 is 1. The van der Waals surface area contributed by atoms with E-state index in [-0.39, 0.29) is 5.76 Å². The molecule has 0 atom stereocenters. The smallest absolute Gasteiger partial charge is 0.283 e. The second kappa shape index (κ2) is 6.69. The fraction of sp³-hybridized carbons (Fsp3) is 0.357. The third-order valence-electron chi connectivity index (χ3n) is 2.80. The van der Waals surface area contributed by atoms with Crippen molar-refractivity contribution in [1.82, 2.24) is 0 Å². The summed E-state index contributed by atoms with van der Waals surface area (Å²) < 4.78 is 5.08. The number of para-hydroxylation sites is 1. The van der Waals surface area contributed by atoms with Crippen molar-refractivity contribution in [2.45, 2.75) is 13.3 Å². The van der Waals surface area contributed by atoms with Crippen LogP contribution < -0.4 is 10.6 Å². The van der Waals surface area contributed by atoms with Crippen LogP contribution in [0.25, 0.3) is 0 Å². The maximum absolute atomic E-state index is 11.3. The van der Waals surface area contributed by atoms with Gasteiger partial charge in [0.2, 0.25) is 0 Å². The van der Waals surface area contributed by atoms with Crippen molar-refractivity contribution in [3.63, 3.8) is 0 Å². The van der Waals surface area contributed by atoms with Gasteiger partial charge in [0.1, 0.15) is 0 Å². The largest absolute Gasteiger partial charge is 0.491 e. The summed E-state index contributed by atoms with van der Waals surface area (Å²) in [7, 11) is 3.44. The molecule has 1 aromatic rings. The molecule has 1 rings (SSSR count). The lowest BCUT2D eigenvalue weighted by molar-refractivity contribution is -0.117. The molecule has 0 aromatic heterocycles. The molecule has 0 heterocycles. The van der Waals surface area contributed by atoms with Gasteiger partial charge in [0.25, 0.3) is 5.91 Å². The fourth-order valence-corrected chi connectivity index (χ4v) is 1.82. The number of likely N-dealkylation sites (N-methyl/N-ethyl adjacent to an activating group) is 1. The predicted octanol–water partition coefficient (Wildman–Crippen LogP) is 1.92. The molecule has 0 saturated carbocycles. The van der Waals surface area contributed by atoms with Crippen LogP contribution in [-0.2, 0) is 9.53 Å². The normalized spacial score (nSPS) is 11.7. The first-order valence-corrected chi connectivity index (χ1v) is 5.92. The Morgan fingerprint density at radius 2 is 1.94 bits per heavy atom. The predicted molar refractivity (Wildman–Crippen MR) is 73.2 cm³/mol. The van der Waals surface area contributed by atoms with E-state index in [1.807, 2.05) is 44.3 Å². The van der Waals surface area contributed by atoms with E-state index in [4.69, 9.17) is 10.5 Å². The minimum atomic E-state index is -0.518. The van der Waals surface area contributed by atoms with Crippen molar-refractivity contribution in [3.05, 3.63) is 41.7 Å².